The van der Waals surface area contributed by atoms with Gasteiger partial charge in [-0.15, -0.1) is 0 Å². The summed E-state index contributed by atoms with van der Waals surface area (Å²) in [7, 11) is 0. The number of nitrogens with one attached hydrogen (secondary N) is 1. The molecule has 7 heteroatoms. The molecule has 0 saturated carbocycles. The number of anilines is 1. The molecular formula is C26H22FN5O. The molecule has 0 spiro atoms. The van der Waals surface area contributed by atoms with Gasteiger partial charge in [0.1, 0.15) is 11.5 Å². The van der Waals surface area contributed by atoms with Crippen molar-refractivity contribution in [3.05, 3.63) is 102 Å². The van der Waals surface area contributed by atoms with Crippen LogP contribution in [0.25, 0.3) is 28.3 Å². The van der Waals surface area contributed by atoms with Gasteiger partial charge in [-0.2, -0.15) is 0 Å². The van der Waals surface area contributed by atoms with Crippen molar-refractivity contribution < 1.29 is 9.50 Å². The molecule has 5 rings (SSSR count). The molecule has 0 aliphatic rings. The van der Waals surface area contributed by atoms with Gasteiger partial charge in [0.2, 0.25) is 5.95 Å². The third-order valence-corrected chi connectivity index (χ3v) is 5.42. The van der Waals surface area contributed by atoms with E-state index in [0.29, 0.717) is 29.5 Å². The molecule has 0 unspecified atom stereocenters. The van der Waals surface area contributed by atoms with Gasteiger partial charge >= 0.3 is 0 Å². The molecule has 3 aromatic heterocycles. The van der Waals surface area contributed by atoms with Gasteiger partial charge < -0.3 is 10.4 Å². The summed E-state index contributed by atoms with van der Waals surface area (Å²) in [4.78, 5) is 13.9. The SMILES string of the molecule is Cc1cccc(CNc2nccc(-c3c(-c4ccc(F)cc4)nc4cc(CO)ccn34)n2)c1. The molecule has 2 aromatic carbocycles. The van der Waals surface area contributed by atoms with E-state index >= 15 is 0 Å². The number of aliphatic hydroxyl groups excluding tert-OH is 1. The average molecular weight is 439 g/mol. The van der Waals surface area contributed by atoms with E-state index in [-0.39, 0.29) is 12.4 Å². The topological polar surface area (TPSA) is 75.3 Å². The lowest BCUT2D eigenvalue weighted by molar-refractivity contribution is 0.282. The summed E-state index contributed by atoms with van der Waals surface area (Å²) < 4.78 is 15.5. The number of hydrogen-bond acceptors (Lipinski definition) is 5. The van der Waals surface area contributed by atoms with Crippen molar-refractivity contribution >= 4 is 11.6 Å². The van der Waals surface area contributed by atoms with Crippen molar-refractivity contribution in [2.45, 2.75) is 20.1 Å². The van der Waals surface area contributed by atoms with Gasteiger partial charge in [-0.3, -0.25) is 4.40 Å². The van der Waals surface area contributed by atoms with Gasteiger partial charge in [-0.25, -0.2) is 19.3 Å². The largest absolute Gasteiger partial charge is 0.392 e. The molecule has 0 radical (unpaired) electrons. The number of hydrogen-bond donors (Lipinski definition) is 2. The number of imidazole rings is 1. The lowest BCUT2D eigenvalue weighted by Crippen LogP contribution is -2.04. The third kappa shape index (κ3) is 4.31. The number of halogens is 1. The molecule has 33 heavy (non-hydrogen) atoms. The second kappa shape index (κ2) is 8.80. The van der Waals surface area contributed by atoms with E-state index in [2.05, 4.69) is 35.4 Å². The smallest absolute Gasteiger partial charge is 0.223 e. The summed E-state index contributed by atoms with van der Waals surface area (Å²) in [5, 5.41) is 12.8. The number of aliphatic hydroxyl groups is 1. The van der Waals surface area contributed by atoms with Crippen molar-refractivity contribution in [1.29, 1.82) is 0 Å². The van der Waals surface area contributed by atoms with E-state index in [9.17, 15) is 9.50 Å². The second-order valence-electron chi connectivity index (χ2n) is 7.85. The first-order valence-electron chi connectivity index (χ1n) is 10.6. The van der Waals surface area contributed by atoms with Crippen LogP contribution in [0, 0.1) is 12.7 Å². The Bertz CT molecular complexity index is 1430. The van der Waals surface area contributed by atoms with E-state index in [0.717, 1.165) is 22.4 Å². The highest BCUT2D eigenvalue weighted by molar-refractivity contribution is 5.80. The zero-order chi connectivity index (χ0) is 22.8. The van der Waals surface area contributed by atoms with Gasteiger partial charge in [0.15, 0.2) is 0 Å². The Morgan fingerprint density at radius 1 is 0.970 bits per heavy atom. The number of aromatic nitrogens is 4. The average Bonchev–Trinajstić information content (AvgIpc) is 3.22. The Morgan fingerprint density at radius 2 is 1.82 bits per heavy atom. The normalized spacial score (nSPS) is 11.1. The maximum absolute atomic E-state index is 13.5. The fourth-order valence-electron chi connectivity index (χ4n) is 3.82. The summed E-state index contributed by atoms with van der Waals surface area (Å²) in [6.07, 6.45) is 3.56. The quantitative estimate of drug-likeness (QED) is 0.389. The van der Waals surface area contributed by atoms with Gasteiger partial charge in [0.25, 0.3) is 0 Å². The van der Waals surface area contributed by atoms with Crippen LogP contribution in [0.5, 0.6) is 0 Å². The molecule has 0 saturated heterocycles. The van der Waals surface area contributed by atoms with Crippen LogP contribution in [0.2, 0.25) is 0 Å². The first-order chi connectivity index (χ1) is 16.1. The van der Waals surface area contributed by atoms with Crippen LogP contribution in [0.3, 0.4) is 0 Å². The first-order valence-corrected chi connectivity index (χ1v) is 10.6. The molecule has 0 fully saturated rings. The number of nitrogens with zero attached hydrogens (tertiary/aromatic N) is 4. The molecule has 0 aliphatic carbocycles. The lowest BCUT2D eigenvalue weighted by atomic mass is 10.1. The molecule has 0 amide bonds. The van der Waals surface area contributed by atoms with Gasteiger partial charge in [-0.05, 0) is 60.5 Å². The van der Waals surface area contributed by atoms with Gasteiger partial charge in [0, 0.05) is 24.5 Å². The fraction of sp³-hybridized carbons (Fsp3) is 0.115. The molecule has 2 N–H and O–H groups in total. The third-order valence-electron chi connectivity index (χ3n) is 5.42. The maximum Gasteiger partial charge on any atom is 0.223 e. The molecule has 0 atom stereocenters. The van der Waals surface area contributed by atoms with Crippen LogP contribution < -0.4 is 5.32 Å². The minimum atomic E-state index is -0.309. The Morgan fingerprint density at radius 3 is 2.61 bits per heavy atom. The summed E-state index contributed by atoms with van der Waals surface area (Å²) >= 11 is 0. The van der Waals surface area contributed by atoms with Crippen molar-refractivity contribution in [2.75, 3.05) is 5.32 Å². The van der Waals surface area contributed by atoms with Crippen LogP contribution >= 0.6 is 0 Å². The minimum absolute atomic E-state index is 0.0783. The van der Waals surface area contributed by atoms with E-state index in [1.54, 1.807) is 18.3 Å². The molecule has 3 heterocycles. The Hall–Kier alpha value is -4.10. The summed E-state index contributed by atoms with van der Waals surface area (Å²) in [6.45, 7) is 2.58. The van der Waals surface area contributed by atoms with Gasteiger partial charge in [-0.1, -0.05) is 29.8 Å². The predicted molar refractivity (Wildman–Crippen MR) is 126 cm³/mol. The molecule has 0 aliphatic heterocycles. The van der Waals surface area contributed by atoms with Crippen molar-refractivity contribution in [2.24, 2.45) is 0 Å². The molecule has 0 bridgehead atoms. The monoisotopic (exact) mass is 439 g/mol. The number of benzene rings is 2. The molecular weight excluding hydrogens is 417 g/mol. The minimum Gasteiger partial charge on any atom is -0.392 e. The van der Waals surface area contributed by atoms with Crippen LogP contribution in [-0.4, -0.2) is 24.5 Å². The number of fused-ring (bicyclic) bond motifs is 1. The van der Waals surface area contributed by atoms with Crippen molar-refractivity contribution in [3.8, 4) is 22.6 Å². The zero-order valence-electron chi connectivity index (χ0n) is 18.0. The van der Waals surface area contributed by atoms with Gasteiger partial charge in [0.05, 0.1) is 23.7 Å². The van der Waals surface area contributed by atoms with Crippen molar-refractivity contribution in [1.82, 2.24) is 19.4 Å². The highest BCUT2D eigenvalue weighted by Gasteiger charge is 2.18. The van der Waals surface area contributed by atoms with E-state index < -0.39 is 0 Å². The Balaban J connectivity index is 1.57. The summed E-state index contributed by atoms with van der Waals surface area (Å²) in [5.41, 5.74) is 6.66. The first kappa shape index (κ1) is 20.8. The number of aryl methyl sites for hydroxylation is 1. The molecule has 5 aromatic rings. The number of pyridine rings is 1. The van der Waals surface area contributed by atoms with Crippen LogP contribution in [-0.2, 0) is 13.2 Å². The number of rotatable bonds is 6. The van der Waals surface area contributed by atoms with Crippen LogP contribution in [0.15, 0.2) is 79.1 Å². The fourth-order valence-corrected chi connectivity index (χ4v) is 3.82. The van der Waals surface area contributed by atoms with E-state index in [4.69, 9.17) is 9.97 Å². The summed E-state index contributed by atoms with van der Waals surface area (Å²) in [6, 6.07) is 20.0. The van der Waals surface area contributed by atoms with E-state index in [1.165, 1.54) is 17.7 Å². The highest BCUT2D eigenvalue weighted by atomic mass is 19.1. The van der Waals surface area contributed by atoms with Crippen molar-refractivity contribution in [3.63, 3.8) is 0 Å². The maximum atomic E-state index is 13.5. The zero-order valence-corrected chi connectivity index (χ0v) is 18.0. The standard InChI is InChI=1S/C26H22FN5O/c1-17-3-2-4-18(13-17)15-29-26-28-11-9-22(30-26)25-24(20-5-7-21(27)8-6-20)31-23-14-19(16-33)10-12-32(23)25/h2-14,33H,15-16H2,1H3,(H,28,29,30). The predicted octanol–water partition coefficient (Wildman–Crippen LogP) is 5.01. The highest BCUT2D eigenvalue weighted by Crippen LogP contribution is 2.32. The van der Waals surface area contributed by atoms with Crippen LogP contribution in [0.1, 0.15) is 16.7 Å². The summed E-state index contributed by atoms with van der Waals surface area (Å²) in [5.74, 6) is 0.192. The molecule has 6 nitrogen and oxygen atoms in total. The van der Waals surface area contributed by atoms with Crippen LogP contribution in [0.4, 0.5) is 10.3 Å². The Kier molecular flexibility index (Phi) is 5.54. The second-order valence-corrected chi connectivity index (χ2v) is 7.85. The Labute approximate surface area is 190 Å². The van der Waals surface area contributed by atoms with E-state index in [1.807, 2.05) is 34.9 Å². The molecule has 164 valence electrons. The lowest BCUT2D eigenvalue weighted by Gasteiger charge is -2.09.